The van der Waals surface area contributed by atoms with Crippen molar-refractivity contribution in [3.63, 3.8) is 0 Å². The lowest BCUT2D eigenvalue weighted by Gasteiger charge is -2.06. The van der Waals surface area contributed by atoms with Crippen molar-refractivity contribution in [2.45, 2.75) is 12.6 Å². The Morgan fingerprint density at radius 3 is 2.54 bits per heavy atom. The maximum absolute atomic E-state index is 13.4. The smallest absolute Gasteiger partial charge is 0.338 e. The fourth-order valence-electron chi connectivity index (χ4n) is 2.12. The molecule has 7 heteroatoms. The van der Waals surface area contributed by atoms with Crippen LogP contribution in [-0.2, 0) is 12.6 Å². The standard InChI is InChI=1S/C19H16F4N2O/c20-17-9-2-1-7-15(17)10-12-25-18(26)24-11-4-6-14-5-3-8-16(13-14)19(21,22)23/h1-3,5,7-9,13H,10-12H2,(H2,24,25,26). The van der Waals surface area contributed by atoms with Gasteiger partial charge in [-0.2, -0.15) is 13.2 Å². The van der Waals surface area contributed by atoms with E-state index in [9.17, 15) is 22.4 Å². The summed E-state index contributed by atoms with van der Waals surface area (Å²) < 4.78 is 51.2. The molecule has 0 atom stereocenters. The van der Waals surface area contributed by atoms with Crippen LogP contribution in [0.25, 0.3) is 0 Å². The SMILES string of the molecule is O=C(NCC#Cc1cccc(C(F)(F)F)c1)NCCc1ccccc1F. The van der Waals surface area contributed by atoms with Crippen LogP contribution in [0.2, 0.25) is 0 Å². The average Bonchev–Trinajstić information content (AvgIpc) is 2.60. The summed E-state index contributed by atoms with van der Waals surface area (Å²) in [5, 5.41) is 5.01. The van der Waals surface area contributed by atoms with Gasteiger partial charge in [0.15, 0.2) is 0 Å². The van der Waals surface area contributed by atoms with Gasteiger partial charge in [0.2, 0.25) is 0 Å². The number of benzene rings is 2. The second kappa shape index (κ2) is 8.90. The highest BCUT2D eigenvalue weighted by Crippen LogP contribution is 2.29. The minimum Gasteiger partial charge on any atom is -0.338 e. The molecule has 0 bridgehead atoms. The Bertz CT molecular complexity index is 822. The van der Waals surface area contributed by atoms with E-state index in [1.807, 2.05) is 0 Å². The first kappa shape index (κ1) is 19.3. The molecule has 0 aliphatic rings. The summed E-state index contributed by atoms with van der Waals surface area (Å²) in [5.41, 5.74) is -0.0677. The van der Waals surface area contributed by atoms with Gasteiger partial charge >= 0.3 is 12.2 Å². The van der Waals surface area contributed by atoms with Crippen LogP contribution in [-0.4, -0.2) is 19.1 Å². The Morgan fingerprint density at radius 2 is 1.81 bits per heavy atom. The molecule has 0 aliphatic carbocycles. The molecule has 0 aromatic heterocycles. The van der Waals surface area contributed by atoms with Gasteiger partial charge in [-0.15, -0.1) is 0 Å². The molecule has 2 amide bonds. The number of halogens is 4. The predicted molar refractivity (Wildman–Crippen MR) is 89.8 cm³/mol. The lowest BCUT2D eigenvalue weighted by molar-refractivity contribution is -0.137. The normalized spacial score (nSPS) is 10.6. The third kappa shape index (κ3) is 6.13. The molecule has 0 fully saturated rings. The third-order valence-corrected chi connectivity index (χ3v) is 3.40. The van der Waals surface area contributed by atoms with E-state index in [1.54, 1.807) is 18.2 Å². The van der Waals surface area contributed by atoms with E-state index in [1.165, 1.54) is 18.2 Å². The average molecular weight is 364 g/mol. The monoisotopic (exact) mass is 364 g/mol. The minimum atomic E-state index is -4.42. The van der Waals surface area contributed by atoms with Gasteiger partial charge in [0.05, 0.1) is 12.1 Å². The van der Waals surface area contributed by atoms with Gasteiger partial charge in [-0.1, -0.05) is 36.1 Å². The van der Waals surface area contributed by atoms with Gasteiger partial charge in [-0.3, -0.25) is 0 Å². The van der Waals surface area contributed by atoms with E-state index in [4.69, 9.17) is 0 Å². The molecule has 0 saturated heterocycles. The molecule has 0 unspecified atom stereocenters. The van der Waals surface area contributed by atoms with Gasteiger partial charge in [-0.25, -0.2) is 9.18 Å². The minimum absolute atomic E-state index is 0.0260. The number of amides is 2. The number of rotatable bonds is 4. The Hall–Kier alpha value is -3.01. The highest BCUT2D eigenvalue weighted by molar-refractivity contribution is 5.74. The third-order valence-electron chi connectivity index (χ3n) is 3.40. The number of hydrogen-bond acceptors (Lipinski definition) is 1. The fraction of sp³-hybridized carbons (Fsp3) is 0.211. The van der Waals surface area contributed by atoms with Crippen LogP contribution in [0, 0.1) is 17.7 Å². The van der Waals surface area contributed by atoms with Crippen molar-refractivity contribution < 1.29 is 22.4 Å². The first-order chi connectivity index (χ1) is 12.4. The van der Waals surface area contributed by atoms with Crippen molar-refractivity contribution in [2.24, 2.45) is 0 Å². The van der Waals surface area contributed by atoms with Crippen LogP contribution in [0.15, 0.2) is 48.5 Å². The zero-order valence-electron chi connectivity index (χ0n) is 13.7. The summed E-state index contributed by atoms with van der Waals surface area (Å²) >= 11 is 0. The maximum Gasteiger partial charge on any atom is 0.416 e. The van der Waals surface area contributed by atoms with E-state index >= 15 is 0 Å². The molecule has 3 nitrogen and oxygen atoms in total. The highest BCUT2D eigenvalue weighted by atomic mass is 19.4. The molecule has 136 valence electrons. The molecule has 2 rings (SSSR count). The number of nitrogens with one attached hydrogen (secondary N) is 2. The van der Waals surface area contributed by atoms with Crippen LogP contribution in [0.1, 0.15) is 16.7 Å². The molecular weight excluding hydrogens is 348 g/mol. The Labute approximate surface area is 148 Å². The molecular formula is C19H16F4N2O. The van der Waals surface area contributed by atoms with Crippen molar-refractivity contribution in [3.05, 3.63) is 71.0 Å². The largest absolute Gasteiger partial charge is 0.416 e. The molecule has 2 aromatic carbocycles. The zero-order valence-corrected chi connectivity index (χ0v) is 13.7. The summed E-state index contributed by atoms with van der Waals surface area (Å²) in [6.45, 7) is 0.218. The van der Waals surface area contributed by atoms with Crippen molar-refractivity contribution in [2.75, 3.05) is 13.1 Å². The maximum atomic E-state index is 13.4. The summed E-state index contributed by atoms with van der Waals surface area (Å²) in [4.78, 5) is 11.6. The van der Waals surface area contributed by atoms with Crippen molar-refractivity contribution in [3.8, 4) is 11.8 Å². The van der Waals surface area contributed by atoms with Crippen LogP contribution in [0.5, 0.6) is 0 Å². The van der Waals surface area contributed by atoms with Gasteiger partial charge in [-0.05, 0) is 36.2 Å². The van der Waals surface area contributed by atoms with E-state index in [2.05, 4.69) is 22.5 Å². The van der Waals surface area contributed by atoms with Crippen LogP contribution < -0.4 is 10.6 Å². The number of hydrogen-bond donors (Lipinski definition) is 2. The van der Waals surface area contributed by atoms with E-state index in [0.29, 0.717) is 12.0 Å². The Morgan fingerprint density at radius 1 is 1.04 bits per heavy atom. The first-order valence-electron chi connectivity index (χ1n) is 7.77. The number of alkyl halides is 3. The second-order valence-electron chi connectivity index (χ2n) is 5.33. The molecule has 26 heavy (non-hydrogen) atoms. The molecule has 0 saturated carbocycles. The van der Waals surface area contributed by atoms with Crippen LogP contribution in [0.3, 0.4) is 0 Å². The van der Waals surface area contributed by atoms with Gasteiger partial charge in [0, 0.05) is 12.1 Å². The molecule has 0 radical (unpaired) electrons. The molecule has 2 N–H and O–H groups in total. The van der Waals surface area contributed by atoms with Crippen LogP contribution in [0.4, 0.5) is 22.4 Å². The lowest BCUT2D eigenvalue weighted by atomic mass is 10.1. The topological polar surface area (TPSA) is 41.1 Å². The van der Waals surface area contributed by atoms with Crippen molar-refractivity contribution >= 4 is 6.03 Å². The summed E-state index contributed by atoms with van der Waals surface area (Å²) in [7, 11) is 0. The zero-order chi connectivity index (χ0) is 19.0. The van der Waals surface area contributed by atoms with E-state index < -0.39 is 17.8 Å². The molecule has 2 aromatic rings. The number of carbonyl (C=O) groups excluding carboxylic acids is 1. The molecule has 0 spiro atoms. The van der Waals surface area contributed by atoms with E-state index in [-0.39, 0.29) is 24.5 Å². The van der Waals surface area contributed by atoms with Crippen molar-refractivity contribution in [1.29, 1.82) is 0 Å². The predicted octanol–water partition coefficient (Wildman–Crippen LogP) is 3.74. The van der Waals surface area contributed by atoms with Crippen LogP contribution >= 0.6 is 0 Å². The molecule has 0 aliphatic heterocycles. The quantitative estimate of drug-likeness (QED) is 0.630. The van der Waals surface area contributed by atoms with Gasteiger partial charge < -0.3 is 10.6 Å². The van der Waals surface area contributed by atoms with Gasteiger partial charge in [0.1, 0.15) is 5.82 Å². The summed E-state index contributed by atoms with van der Waals surface area (Å²) in [6, 6.07) is 10.4. The number of carbonyl (C=O) groups is 1. The number of urea groups is 1. The Kier molecular flexibility index (Phi) is 6.61. The van der Waals surface area contributed by atoms with Crippen molar-refractivity contribution in [1.82, 2.24) is 10.6 Å². The summed E-state index contributed by atoms with van der Waals surface area (Å²) in [5.74, 6) is 4.81. The highest BCUT2D eigenvalue weighted by Gasteiger charge is 2.30. The first-order valence-corrected chi connectivity index (χ1v) is 7.77. The molecule has 0 heterocycles. The lowest BCUT2D eigenvalue weighted by Crippen LogP contribution is -2.36. The summed E-state index contributed by atoms with van der Waals surface area (Å²) in [6.07, 6.45) is -4.08. The van der Waals surface area contributed by atoms with E-state index in [0.717, 1.165) is 12.1 Å². The second-order valence-corrected chi connectivity index (χ2v) is 5.33. The van der Waals surface area contributed by atoms with Gasteiger partial charge in [0.25, 0.3) is 0 Å². The Balaban J connectivity index is 1.75. The fourth-order valence-corrected chi connectivity index (χ4v) is 2.12.